The van der Waals surface area contributed by atoms with Gasteiger partial charge in [0.25, 0.3) is 0 Å². The van der Waals surface area contributed by atoms with Crippen LogP contribution >= 0.6 is 0 Å². The number of benzene rings is 3. The van der Waals surface area contributed by atoms with E-state index in [0.717, 1.165) is 45.6 Å². The fourth-order valence-corrected chi connectivity index (χ4v) is 4.40. The van der Waals surface area contributed by atoms with Crippen molar-refractivity contribution in [1.82, 2.24) is 4.98 Å². The van der Waals surface area contributed by atoms with Crippen LogP contribution < -0.4 is 18.9 Å². The molecule has 1 heterocycles. The van der Waals surface area contributed by atoms with Gasteiger partial charge in [-0.05, 0) is 47.5 Å². The number of nitrogens with zero attached hydrogens (tertiary/aromatic N) is 1. The maximum atomic E-state index is 6.30. The second-order valence-electron chi connectivity index (χ2n) is 10.0. The predicted octanol–water partition coefficient (Wildman–Crippen LogP) is 5.53. The molecule has 0 aliphatic rings. The van der Waals surface area contributed by atoms with E-state index in [4.69, 9.17) is 47.3 Å². The highest BCUT2D eigenvalue weighted by Crippen LogP contribution is 2.23. The van der Waals surface area contributed by atoms with E-state index in [2.05, 4.69) is 0 Å². The summed E-state index contributed by atoms with van der Waals surface area (Å²) in [6.45, 7) is 4.02. The molecule has 0 aliphatic heterocycles. The van der Waals surface area contributed by atoms with Gasteiger partial charge in [-0.3, -0.25) is 0 Å². The summed E-state index contributed by atoms with van der Waals surface area (Å²) in [7, 11) is 4.93. The molecule has 0 atom stereocenters. The number of methoxy groups -OCH3 is 3. The normalized spacial score (nSPS) is 11.0. The molecule has 0 spiro atoms. The zero-order valence-electron chi connectivity index (χ0n) is 26.3. The van der Waals surface area contributed by atoms with Gasteiger partial charge in [0.1, 0.15) is 54.3 Å². The minimum absolute atomic E-state index is 0.298. The van der Waals surface area contributed by atoms with Crippen LogP contribution in [0.5, 0.6) is 23.0 Å². The predicted molar refractivity (Wildman–Crippen MR) is 169 cm³/mol. The summed E-state index contributed by atoms with van der Waals surface area (Å²) in [5, 5.41) is 0. The summed E-state index contributed by atoms with van der Waals surface area (Å²) in [5.41, 5.74) is 2.83. The monoisotopic (exact) mass is 621 g/mol. The Morgan fingerprint density at radius 1 is 0.556 bits per heavy atom. The fraction of sp³-hybridized carbons (Fsp3) is 0.400. The summed E-state index contributed by atoms with van der Waals surface area (Å²) >= 11 is 0. The minimum Gasteiger partial charge on any atom is -0.497 e. The lowest BCUT2D eigenvalue weighted by molar-refractivity contribution is 0.0292. The van der Waals surface area contributed by atoms with Gasteiger partial charge >= 0.3 is 0 Å². The molecular weight excluding hydrogens is 578 g/mol. The number of oxazole rings is 1. The summed E-state index contributed by atoms with van der Waals surface area (Å²) in [6.07, 6.45) is 1.07. The Labute approximate surface area is 265 Å². The van der Waals surface area contributed by atoms with E-state index in [-0.39, 0.29) is 0 Å². The van der Waals surface area contributed by atoms with Crippen molar-refractivity contribution in [2.24, 2.45) is 0 Å². The largest absolute Gasteiger partial charge is 0.497 e. The lowest BCUT2D eigenvalue weighted by Crippen LogP contribution is -2.11. The van der Waals surface area contributed by atoms with Gasteiger partial charge in [-0.2, -0.15) is 0 Å². The standard InChI is InChI=1S/C35H43NO9/c1-37-13-18-42-30-10-4-7-27(21-30)23-34-33(26-41-16-15-40-17-20-44-32-12-6-9-29(25-32)39-3)36-35(45-34)24-28-8-5-11-31(22-28)43-19-14-38-2/h4-12,21-22,25H,13-20,23-24,26H2,1-3H3. The van der Waals surface area contributed by atoms with Crippen LogP contribution in [0.15, 0.2) is 77.2 Å². The van der Waals surface area contributed by atoms with Gasteiger partial charge < -0.3 is 42.3 Å². The van der Waals surface area contributed by atoms with Gasteiger partial charge in [-0.1, -0.05) is 30.3 Å². The minimum atomic E-state index is 0.298. The Kier molecular flexibility index (Phi) is 14.5. The molecule has 4 rings (SSSR count). The molecule has 1 aromatic heterocycles. The molecule has 0 saturated carbocycles. The molecule has 45 heavy (non-hydrogen) atoms. The third kappa shape index (κ3) is 12.1. The number of ether oxygens (including phenoxy) is 8. The van der Waals surface area contributed by atoms with Gasteiger partial charge in [0.2, 0.25) is 0 Å². The molecule has 0 aliphatic carbocycles. The second kappa shape index (κ2) is 19.3. The van der Waals surface area contributed by atoms with E-state index < -0.39 is 0 Å². The highest BCUT2D eigenvalue weighted by molar-refractivity contribution is 5.34. The number of rotatable bonds is 22. The third-order valence-corrected chi connectivity index (χ3v) is 6.60. The Bertz CT molecular complexity index is 1410. The summed E-state index contributed by atoms with van der Waals surface area (Å²) in [5.74, 6) is 4.40. The first kappa shape index (κ1) is 33.8. The Hall–Kier alpha value is -4.09. The van der Waals surface area contributed by atoms with Crippen LogP contribution in [0.2, 0.25) is 0 Å². The van der Waals surface area contributed by atoms with Crippen LogP contribution in [-0.4, -0.2) is 79.2 Å². The Morgan fingerprint density at radius 3 is 1.73 bits per heavy atom. The fourth-order valence-electron chi connectivity index (χ4n) is 4.40. The van der Waals surface area contributed by atoms with Gasteiger partial charge in [-0.25, -0.2) is 4.98 Å². The topological polar surface area (TPSA) is 99.9 Å². The van der Waals surface area contributed by atoms with Gasteiger partial charge in [0, 0.05) is 33.1 Å². The van der Waals surface area contributed by atoms with Gasteiger partial charge in [0.05, 0.1) is 46.8 Å². The van der Waals surface area contributed by atoms with Gasteiger partial charge in [0.15, 0.2) is 5.89 Å². The van der Waals surface area contributed by atoms with Crippen molar-refractivity contribution in [3.63, 3.8) is 0 Å². The lowest BCUT2D eigenvalue weighted by Gasteiger charge is -2.09. The van der Waals surface area contributed by atoms with Crippen LogP contribution in [-0.2, 0) is 38.4 Å². The smallest absolute Gasteiger partial charge is 0.199 e. The van der Waals surface area contributed by atoms with E-state index in [1.165, 1.54) is 0 Å². The van der Waals surface area contributed by atoms with Crippen molar-refractivity contribution in [3.05, 3.63) is 101 Å². The van der Waals surface area contributed by atoms with Crippen LogP contribution in [0.3, 0.4) is 0 Å². The molecule has 3 aromatic carbocycles. The van der Waals surface area contributed by atoms with E-state index in [1.807, 2.05) is 72.8 Å². The zero-order chi connectivity index (χ0) is 31.5. The summed E-state index contributed by atoms with van der Waals surface area (Å²) in [6, 6.07) is 23.3. The third-order valence-electron chi connectivity index (χ3n) is 6.60. The van der Waals surface area contributed by atoms with Crippen molar-refractivity contribution in [1.29, 1.82) is 0 Å². The molecule has 10 nitrogen and oxygen atoms in total. The summed E-state index contributed by atoms with van der Waals surface area (Å²) < 4.78 is 50.6. The van der Waals surface area contributed by atoms with E-state index in [0.29, 0.717) is 78.2 Å². The average molecular weight is 622 g/mol. The van der Waals surface area contributed by atoms with Crippen molar-refractivity contribution in [2.45, 2.75) is 19.4 Å². The molecule has 0 saturated heterocycles. The Morgan fingerprint density at radius 2 is 1.09 bits per heavy atom. The Balaban J connectivity index is 1.32. The summed E-state index contributed by atoms with van der Waals surface area (Å²) in [4.78, 5) is 4.81. The van der Waals surface area contributed by atoms with Crippen LogP contribution in [0, 0.1) is 0 Å². The molecule has 242 valence electrons. The highest BCUT2D eigenvalue weighted by atomic mass is 16.5. The number of hydrogen-bond acceptors (Lipinski definition) is 10. The van der Waals surface area contributed by atoms with E-state index in [9.17, 15) is 0 Å². The molecule has 4 aromatic rings. The highest BCUT2D eigenvalue weighted by Gasteiger charge is 2.16. The SMILES string of the molecule is COCCOc1cccc(Cc2nc(COCCOCCOc3cccc(OC)c3)c(Cc3cccc(OCCOC)c3)o2)c1. The average Bonchev–Trinajstić information content (AvgIpc) is 3.43. The van der Waals surface area contributed by atoms with Crippen LogP contribution in [0.25, 0.3) is 0 Å². The van der Waals surface area contributed by atoms with Crippen LogP contribution in [0.1, 0.15) is 28.5 Å². The first-order chi connectivity index (χ1) is 22.2. The molecule has 0 amide bonds. The van der Waals surface area contributed by atoms with Crippen molar-refractivity contribution in [2.75, 3.05) is 74.2 Å². The first-order valence-corrected chi connectivity index (χ1v) is 15.0. The molecular formula is C35H43NO9. The molecule has 0 radical (unpaired) electrons. The van der Waals surface area contributed by atoms with E-state index >= 15 is 0 Å². The second-order valence-corrected chi connectivity index (χ2v) is 10.0. The first-order valence-electron chi connectivity index (χ1n) is 15.0. The maximum Gasteiger partial charge on any atom is 0.199 e. The molecule has 0 fully saturated rings. The number of hydrogen-bond donors (Lipinski definition) is 0. The van der Waals surface area contributed by atoms with Crippen LogP contribution in [0.4, 0.5) is 0 Å². The quantitative estimate of drug-likeness (QED) is 0.104. The zero-order valence-corrected chi connectivity index (χ0v) is 26.3. The van der Waals surface area contributed by atoms with E-state index in [1.54, 1.807) is 21.3 Å². The number of aromatic nitrogens is 1. The molecule has 10 heteroatoms. The van der Waals surface area contributed by atoms with Crippen molar-refractivity contribution in [3.8, 4) is 23.0 Å². The molecule has 0 N–H and O–H groups in total. The van der Waals surface area contributed by atoms with Crippen molar-refractivity contribution >= 4 is 0 Å². The maximum absolute atomic E-state index is 6.30. The molecule has 0 unspecified atom stereocenters. The van der Waals surface area contributed by atoms with Gasteiger partial charge in [-0.15, -0.1) is 0 Å². The molecule has 0 bridgehead atoms. The lowest BCUT2D eigenvalue weighted by atomic mass is 10.1. The van der Waals surface area contributed by atoms with Crippen molar-refractivity contribution < 1.29 is 42.3 Å².